The molecule has 58 heavy (non-hydrogen) atoms. The molecule has 0 saturated carbocycles. The first kappa shape index (κ1) is 56.4. The van der Waals surface area contributed by atoms with Crippen molar-refractivity contribution in [1.82, 2.24) is 0 Å². The van der Waals surface area contributed by atoms with E-state index in [4.69, 9.17) is 14.2 Å². The van der Waals surface area contributed by atoms with Crippen molar-refractivity contribution in [2.24, 2.45) is 11.8 Å². The first-order valence-electron chi connectivity index (χ1n) is 25.7. The molecule has 0 aliphatic heterocycles. The van der Waals surface area contributed by atoms with Crippen molar-refractivity contribution in [3.8, 4) is 0 Å². The molecular weight excluding hydrogens is 721 g/mol. The lowest BCUT2D eigenvalue weighted by Gasteiger charge is -2.18. The summed E-state index contributed by atoms with van der Waals surface area (Å²) >= 11 is 0. The number of unbranched alkanes of at least 4 members (excludes halogenated alkanes) is 31. The topological polar surface area (TPSA) is 78.9 Å². The minimum absolute atomic E-state index is 0.0644. The van der Waals surface area contributed by atoms with Crippen LogP contribution in [0.2, 0.25) is 0 Å². The molecule has 0 aromatic rings. The molecular formula is C52H100O6. The third-order valence-corrected chi connectivity index (χ3v) is 11.7. The minimum atomic E-state index is -0.762. The zero-order valence-corrected chi connectivity index (χ0v) is 39.7. The maximum Gasteiger partial charge on any atom is 0.306 e. The summed E-state index contributed by atoms with van der Waals surface area (Å²) in [5, 5.41) is 0. The molecule has 0 aliphatic rings. The van der Waals surface area contributed by atoms with E-state index in [1.807, 2.05) is 0 Å². The van der Waals surface area contributed by atoms with Crippen LogP contribution in [-0.2, 0) is 28.6 Å². The van der Waals surface area contributed by atoms with Gasteiger partial charge in [0, 0.05) is 19.3 Å². The van der Waals surface area contributed by atoms with Crippen molar-refractivity contribution < 1.29 is 28.6 Å². The lowest BCUT2D eigenvalue weighted by molar-refractivity contribution is -0.167. The predicted octanol–water partition coefficient (Wildman–Crippen LogP) is 16.5. The van der Waals surface area contributed by atoms with Crippen LogP contribution in [-0.4, -0.2) is 37.2 Å². The monoisotopic (exact) mass is 821 g/mol. The number of esters is 3. The number of hydrogen-bond acceptors (Lipinski definition) is 6. The molecule has 0 unspecified atom stereocenters. The van der Waals surface area contributed by atoms with Crippen molar-refractivity contribution in [2.45, 2.75) is 291 Å². The third kappa shape index (κ3) is 45.5. The molecule has 0 radical (unpaired) electrons. The van der Waals surface area contributed by atoms with Gasteiger partial charge in [0.25, 0.3) is 0 Å². The second-order valence-electron chi connectivity index (χ2n) is 18.8. The van der Waals surface area contributed by atoms with Crippen LogP contribution in [0.5, 0.6) is 0 Å². The van der Waals surface area contributed by atoms with Crippen molar-refractivity contribution >= 4 is 17.9 Å². The summed E-state index contributed by atoms with van der Waals surface area (Å²) in [5.41, 5.74) is 0. The molecule has 0 aromatic heterocycles. The van der Waals surface area contributed by atoms with Gasteiger partial charge in [0.1, 0.15) is 13.2 Å². The standard InChI is InChI=1S/C52H100O6/c1-6-7-8-9-10-11-12-13-14-17-20-23-26-32-37-42-50(53)56-45-49(46-57-51(54)43-38-33-29-28-31-36-41-48(4)5)58-52(55)44-39-34-27-24-21-18-15-16-19-22-25-30-35-40-47(2)3/h47-49H,6-46H2,1-5H3/t49-/m1/s1. The first-order valence-corrected chi connectivity index (χ1v) is 25.7. The van der Waals surface area contributed by atoms with E-state index < -0.39 is 6.10 Å². The Morgan fingerprint density at radius 2 is 0.569 bits per heavy atom. The van der Waals surface area contributed by atoms with E-state index in [0.717, 1.165) is 69.6 Å². The Balaban J connectivity index is 4.27. The SMILES string of the molecule is CCCCCCCCCCCCCCCCCC(=O)OC[C@H](COC(=O)CCCCCCCCC(C)C)OC(=O)CCCCCCCCCCCCCCCC(C)C. The van der Waals surface area contributed by atoms with Crippen LogP contribution in [0.25, 0.3) is 0 Å². The second kappa shape index (κ2) is 44.9. The maximum absolute atomic E-state index is 12.8. The maximum atomic E-state index is 12.8. The molecule has 0 rings (SSSR count). The van der Waals surface area contributed by atoms with Gasteiger partial charge in [-0.1, -0.05) is 247 Å². The third-order valence-electron chi connectivity index (χ3n) is 11.7. The highest BCUT2D eigenvalue weighted by Gasteiger charge is 2.19. The van der Waals surface area contributed by atoms with Crippen LogP contribution in [0.15, 0.2) is 0 Å². The Bertz CT molecular complexity index is 885. The minimum Gasteiger partial charge on any atom is -0.462 e. The quantitative estimate of drug-likeness (QED) is 0.0346. The van der Waals surface area contributed by atoms with Crippen molar-refractivity contribution in [3.05, 3.63) is 0 Å². The van der Waals surface area contributed by atoms with Crippen LogP contribution in [0.3, 0.4) is 0 Å². The Hall–Kier alpha value is -1.59. The average molecular weight is 821 g/mol. The fraction of sp³-hybridized carbons (Fsp3) is 0.942. The largest absolute Gasteiger partial charge is 0.462 e. The molecule has 0 aromatic carbocycles. The van der Waals surface area contributed by atoms with Crippen LogP contribution >= 0.6 is 0 Å². The molecule has 1 atom stereocenters. The summed E-state index contributed by atoms with van der Waals surface area (Å²) in [7, 11) is 0. The summed E-state index contributed by atoms with van der Waals surface area (Å²) in [6, 6.07) is 0. The van der Waals surface area contributed by atoms with Crippen molar-refractivity contribution in [2.75, 3.05) is 13.2 Å². The molecule has 344 valence electrons. The molecule has 0 saturated heterocycles. The van der Waals surface area contributed by atoms with E-state index in [2.05, 4.69) is 34.6 Å². The molecule has 0 bridgehead atoms. The molecule has 6 nitrogen and oxygen atoms in total. The molecule has 0 spiro atoms. The van der Waals surface area contributed by atoms with Gasteiger partial charge in [-0.3, -0.25) is 14.4 Å². The highest BCUT2D eigenvalue weighted by atomic mass is 16.6. The molecule has 0 amide bonds. The fourth-order valence-electron chi connectivity index (χ4n) is 7.81. The van der Waals surface area contributed by atoms with Gasteiger partial charge in [0.15, 0.2) is 6.10 Å². The number of carbonyl (C=O) groups is 3. The van der Waals surface area contributed by atoms with E-state index in [0.29, 0.717) is 19.3 Å². The first-order chi connectivity index (χ1) is 28.2. The summed E-state index contributed by atoms with van der Waals surface area (Å²) in [4.78, 5) is 37.9. The number of carbonyl (C=O) groups excluding carboxylic acids is 3. The van der Waals surface area contributed by atoms with Crippen molar-refractivity contribution in [3.63, 3.8) is 0 Å². The van der Waals surface area contributed by atoms with Gasteiger partial charge in [-0.15, -0.1) is 0 Å². The lowest BCUT2D eigenvalue weighted by Crippen LogP contribution is -2.30. The Labute approximate surface area is 361 Å². The van der Waals surface area contributed by atoms with Gasteiger partial charge in [-0.25, -0.2) is 0 Å². The number of ether oxygens (including phenoxy) is 3. The van der Waals surface area contributed by atoms with E-state index in [-0.39, 0.29) is 31.1 Å². The Morgan fingerprint density at radius 3 is 0.845 bits per heavy atom. The molecule has 0 heterocycles. The molecule has 6 heteroatoms. The zero-order valence-electron chi connectivity index (χ0n) is 39.7. The summed E-state index contributed by atoms with van der Waals surface area (Å²) in [6.45, 7) is 11.3. The highest BCUT2D eigenvalue weighted by molar-refractivity contribution is 5.71. The zero-order chi connectivity index (χ0) is 42.6. The van der Waals surface area contributed by atoms with E-state index in [1.54, 1.807) is 0 Å². The Kier molecular flexibility index (Phi) is 43.7. The van der Waals surface area contributed by atoms with E-state index in [1.165, 1.54) is 173 Å². The summed E-state index contributed by atoms with van der Waals surface area (Å²) in [6.07, 6.45) is 45.3. The summed E-state index contributed by atoms with van der Waals surface area (Å²) in [5.74, 6) is 0.749. The van der Waals surface area contributed by atoms with Crippen LogP contribution in [0.1, 0.15) is 285 Å². The summed E-state index contributed by atoms with van der Waals surface area (Å²) < 4.78 is 16.8. The van der Waals surface area contributed by atoms with Gasteiger partial charge in [-0.05, 0) is 31.1 Å². The van der Waals surface area contributed by atoms with Crippen molar-refractivity contribution in [1.29, 1.82) is 0 Å². The fourth-order valence-corrected chi connectivity index (χ4v) is 7.81. The lowest BCUT2D eigenvalue weighted by atomic mass is 10.0. The number of hydrogen-bond donors (Lipinski definition) is 0. The predicted molar refractivity (Wildman–Crippen MR) is 247 cm³/mol. The molecule has 0 N–H and O–H groups in total. The number of rotatable bonds is 46. The van der Waals surface area contributed by atoms with E-state index >= 15 is 0 Å². The molecule has 0 fully saturated rings. The smallest absolute Gasteiger partial charge is 0.306 e. The van der Waals surface area contributed by atoms with Crippen LogP contribution in [0, 0.1) is 11.8 Å². The van der Waals surface area contributed by atoms with Gasteiger partial charge in [0.2, 0.25) is 0 Å². The normalized spacial score (nSPS) is 12.1. The van der Waals surface area contributed by atoms with Gasteiger partial charge in [0.05, 0.1) is 0 Å². The second-order valence-corrected chi connectivity index (χ2v) is 18.8. The Morgan fingerprint density at radius 1 is 0.328 bits per heavy atom. The average Bonchev–Trinajstić information content (AvgIpc) is 3.19. The van der Waals surface area contributed by atoms with Crippen LogP contribution in [0.4, 0.5) is 0 Å². The van der Waals surface area contributed by atoms with Crippen LogP contribution < -0.4 is 0 Å². The van der Waals surface area contributed by atoms with E-state index in [9.17, 15) is 14.4 Å². The van der Waals surface area contributed by atoms with Gasteiger partial charge >= 0.3 is 17.9 Å². The van der Waals surface area contributed by atoms with Gasteiger partial charge in [-0.2, -0.15) is 0 Å². The highest BCUT2D eigenvalue weighted by Crippen LogP contribution is 2.17. The van der Waals surface area contributed by atoms with Gasteiger partial charge < -0.3 is 14.2 Å². The molecule has 0 aliphatic carbocycles.